The van der Waals surface area contributed by atoms with Gasteiger partial charge in [-0.3, -0.25) is 0 Å². The first-order chi connectivity index (χ1) is 9.60. The Labute approximate surface area is 121 Å². The lowest BCUT2D eigenvalue weighted by molar-refractivity contribution is -0.0241. The fourth-order valence-corrected chi connectivity index (χ4v) is 2.81. The predicted molar refractivity (Wildman–Crippen MR) is 84.6 cm³/mol. The lowest BCUT2D eigenvalue weighted by atomic mass is 9.71. The minimum atomic E-state index is -0.954. The average molecular weight is 266 g/mol. The van der Waals surface area contributed by atoms with Gasteiger partial charge in [-0.2, -0.15) is 0 Å². The van der Waals surface area contributed by atoms with Crippen molar-refractivity contribution in [2.45, 2.75) is 25.4 Å². The summed E-state index contributed by atoms with van der Waals surface area (Å²) in [4.78, 5) is 0. The Morgan fingerprint density at radius 3 is 1.90 bits per heavy atom. The van der Waals surface area contributed by atoms with Crippen LogP contribution in [0.5, 0.6) is 0 Å². The lowest BCUT2D eigenvalue weighted by Gasteiger charge is -2.39. The van der Waals surface area contributed by atoms with Gasteiger partial charge in [0.05, 0.1) is 0 Å². The van der Waals surface area contributed by atoms with Crippen molar-refractivity contribution in [3.63, 3.8) is 0 Å². The maximum absolute atomic E-state index is 11.4. The van der Waals surface area contributed by atoms with Crippen LogP contribution in [0, 0.1) is 5.92 Å². The minimum Gasteiger partial charge on any atom is -0.384 e. The molecule has 0 saturated carbocycles. The maximum atomic E-state index is 11.4. The Kier molecular flexibility index (Phi) is 4.41. The standard InChI is InChI=1S/C19H22O/c1-4-18(16-11-7-5-8-12-16)19(20,15(2)3)17-13-9-6-10-14-17/h4-15,18,20H,1H2,2-3H3/t18-,19-/m0/s1. The number of hydrogen-bond acceptors (Lipinski definition) is 1. The van der Waals surface area contributed by atoms with Crippen molar-refractivity contribution < 1.29 is 5.11 Å². The topological polar surface area (TPSA) is 20.2 Å². The van der Waals surface area contributed by atoms with E-state index in [1.54, 1.807) is 0 Å². The quantitative estimate of drug-likeness (QED) is 0.790. The van der Waals surface area contributed by atoms with E-state index >= 15 is 0 Å². The molecule has 0 aliphatic heterocycles. The van der Waals surface area contributed by atoms with Gasteiger partial charge in [-0.15, -0.1) is 6.58 Å². The van der Waals surface area contributed by atoms with E-state index in [1.807, 2.05) is 80.6 Å². The van der Waals surface area contributed by atoms with Gasteiger partial charge in [-0.25, -0.2) is 0 Å². The highest BCUT2D eigenvalue weighted by Gasteiger charge is 2.40. The smallest absolute Gasteiger partial charge is 0.102 e. The van der Waals surface area contributed by atoms with Crippen molar-refractivity contribution in [1.82, 2.24) is 0 Å². The molecule has 0 bridgehead atoms. The molecule has 20 heavy (non-hydrogen) atoms. The molecule has 0 aromatic heterocycles. The van der Waals surface area contributed by atoms with E-state index in [2.05, 4.69) is 6.58 Å². The molecule has 1 nitrogen and oxygen atoms in total. The van der Waals surface area contributed by atoms with Crippen LogP contribution in [0.3, 0.4) is 0 Å². The summed E-state index contributed by atoms with van der Waals surface area (Å²) in [7, 11) is 0. The normalized spacial score (nSPS) is 15.6. The Hall–Kier alpha value is -1.86. The van der Waals surface area contributed by atoms with Gasteiger partial charge in [0.25, 0.3) is 0 Å². The molecule has 0 aliphatic carbocycles. The first kappa shape index (κ1) is 14.5. The molecule has 0 spiro atoms. The first-order valence-electron chi connectivity index (χ1n) is 7.06. The van der Waals surface area contributed by atoms with Crippen LogP contribution in [0.15, 0.2) is 73.3 Å². The van der Waals surface area contributed by atoms with E-state index in [0.29, 0.717) is 0 Å². The molecule has 1 N–H and O–H groups in total. The molecule has 2 rings (SSSR count). The van der Waals surface area contributed by atoms with Gasteiger partial charge in [-0.1, -0.05) is 80.6 Å². The largest absolute Gasteiger partial charge is 0.384 e. The zero-order chi connectivity index (χ0) is 14.6. The number of rotatable bonds is 5. The number of aliphatic hydroxyl groups is 1. The molecule has 1 heteroatoms. The van der Waals surface area contributed by atoms with Crippen molar-refractivity contribution in [2.75, 3.05) is 0 Å². The number of benzene rings is 2. The lowest BCUT2D eigenvalue weighted by Crippen LogP contribution is -2.38. The van der Waals surface area contributed by atoms with Gasteiger partial charge < -0.3 is 5.11 Å². The van der Waals surface area contributed by atoms with Gasteiger partial charge >= 0.3 is 0 Å². The minimum absolute atomic E-state index is 0.0770. The van der Waals surface area contributed by atoms with Crippen molar-refractivity contribution in [3.05, 3.63) is 84.4 Å². The second-order valence-electron chi connectivity index (χ2n) is 5.47. The Morgan fingerprint density at radius 1 is 0.950 bits per heavy atom. The molecule has 0 amide bonds. The summed E-state index contributed by atoms with van der Waals surface area (Å²) in [5.41, 5.74) is 1.07. The Morgan fingerprint density at radius 2 is 1.45 bits per heavy atom. The summed E-state index contributed by atoms with van der Waals surface area (Å²) in [5, 5.41) is 11.4. The van der Waals surface area contributed by atoms with Crippen LogP contribution in [0.2, 0.25) is 0 Å². The monoisotopic (exact) mass is 266 g/mol. The van der Waals surface area contributed by atoms with Crippen LogP contribution in [-0.4, -0.2) is 5.11 Å². The second-order valence-corrected chi connectivity index (χ2v) is 5.47. The third-order valence-corrected chi connectivity index (χ3v) is 3.98. The highest BCUT2D eigenvalue weighted by molar-refractivity contribution is 5.34. The molecule has 2 atom stereocenters. The molecule has 0 heterocycles. The maximum Gasteiger partial charge on any atom is 0.102 e. The van der Waals surface area contributed by atoms with E-state index < -0.39 is 5.60 Å². The van der Waals surface area contributed by atoms with Crippen LogP contribution in [-0.2, 0) is 5.60 Å². The zero-order valence-electron chi connectivity index (χ0n) is 12.2. The second kappa shape index (κ2) is 6.06. The van der Waals surface area contributed by atoms with Gasteiger partial charge in [-0.05, 0) is 17.0 Å². The van der Waals surface area contributed by atoms with Crippen molar-refractivity contribution >= 4 is 0 Å². The van der Waals surface area contributed by atoms with Crippen molar-refractivity contribution in [1.29, 1.82) is 0 Å². The highest BCUT2D eigenvalue weighted by Crippen LogP contribution is 2.43. The fraction of sp³-hybridized carbons (Fsp3) is 0.263. The summed E-state index contributed by atoms with van der Waals surface area (Å²) in [5.74, 6) is -0.0563. The predicted octanol–water partition coefficient (Wildman–Crippen LogP) is 4.50. The van der Waals surface area contributed by atoms with Gasteiger partial charge in [0.2, 0.25) is 0 Å². The Balaban J connectivity index is 2.55. The van der Waals surface area contributed by atoms with Gasteiger partial charge in [0.15, 0.2) is 0 Å². The summed E-state index contributed by atoms with van der Waals surface area (Å²) >= 11 is 0. The highest BCUT2D eigenvalue weighted by atomic mass is 16.3. The Bertz CT molecular complexity index is 544. The summed E-state index contributed by atoms with van der Waals surface area (Å²) < 4.78 is 0. The average Bonchev–Trinajstić information content (AvgIpc) is 2.49. The fourth-order valence-electron chi connectivity index (χ4n) is 2.81. The van der Waals surface area contributed by atoms with E-state index in [4.69, 9.17) is 0 Å². The molecule has 0 unspecified atom stereocenters. The molecular weight excluding hydrogens is 244 g/mol. The zero-order valence-corrected chi connectivity index (χ0v) is 12.2. The van der Waals surface area contributed by atoms with E-state index in [0.717, 1.165) is 11.1 Å². The molecule has 104 valence electrons. The molecule has 0 fully saturated rings. The van der Waals surface area contributed by atoms with Crippen molar-refractivity contribution in [2.24, 2.45) is 5.92 Å². The molecule has 2 aromatic carbocycles. The van der Waals surface area contributed by atoms with Gasteiger partial charge in [0, 0.05) is 5.92 Å². The van der Waals surface area contributed by atoms with Crippen LogP contribution < -0.4 is 0 Å². The van der Waals surface area contributed by atoms with E-state index in [9.17, 15) is 5.11 Å². The van der Waals surface area contributed by atoms with Gasteiger partial charge in [0.1, 0.15) is 5.60 Å². The van der Waals surface area contributed by atoms with Crippen LogP contribution in [0.1, 0.15) is 30.9 Å². The summed E-state index contributed by atoms with van der Waals surface area (Å²) in [6.07, 6.45) is 1.85. The van der Waals surface area contributed by atoms with Crippen molar-refractivity contribution in [3.8, 4) is 0 Å². The SMILES string of the molecule is C=C[C@@H](c1ccccc1)[C@@](O)(c1ccccc1)C(C)C. The third-order valence-electron chi connectivity index (χ3n) is 3.98. The first-order valence-corrected chi connectivity index (χ1v) is 7.06. The molecular formula is C19H22O. The summed E-state index contributed by atoms with van der Waals surface area (Å²) in [6, 6.07) is 19.9. The van der Waals surface area contributed by atoms with Crippen LogP contribution >= 0.6 is 0 Å². The summed E-state index contributed by atoms with van der Waals surface area (Å²) in [6.45, 7) is 8.05. The van der Waals surface area contributed by atoms with E-state index in [-0.39, 0.29) is 11.8 Å². The molecule has 0 saturated heterocycles. The molecule has 2 aromatic rings. The molecule has 0 aliphatic rings. The van der Waals surface area contributed by atoms with Crippen LogP contribution in [0.25, 0.3) is 0 Å². The molecule has 0 radical (unpaired) electrons. The number of hydrogen-bond donors (Lipinski definition) is 1. The van der Waals surface area contributed by atoms with E-state index in [1.165, 1.54) is 0 Å². The third kappa shape index (κ3) is 2.54. The van der Waals surface area contributed by atoms with Crippen LogP contribution in [0.4, 0.5) is 0 Å².